The van der Waals surface area contributed by atoms with Gasteiger partial charge in [-0.15, -0.1) is 11.3 Å². The minimum atomic E-state index is -4.84. The van der Waals surface area contributed by atoms with E-state index in [-0.39, 0.29) is 28.4 Å². The zero-order chi connectivity index (χ0) is 34.4. The lowest BCUT2D eigenvalue weighted by Crippen LogP contribution is -2.40. The Balaban J connectivity index is 1.18. The summed E-state index contributed by atoms with van der Waals surface area (Å²) in [6.45, 7) is 4.85. The number of benzene rings is 2. The van der Waals surface area contributed by atoms with E-state index < -0.39 is 35.3 Å². The highest BCUT2D eigenvalue weighted by Crippen LogP contribution is 2.37. The smallest absolute Gasteiger partial charge is 0.419 e. The molecule has 0 atom stereocenters. The number of carbonyl (C=O) groups is 3. The monoisotopic (exact) mass is 722 g/mol. The number of morpholine rings is 1. The standard InChI is InChI=1S/C32H30F4N4O5S3/c33-25-3-1-19(15-24(25)32(34,35)36)22-14-23(47-18-22)16-27-29(42)40(31(46)48-27)7-5-28(41)38-26-4-2-20(30(43)44)13-21(26)17-37-6-8-39-9-11-45-12-10-39/h1-4,13-16,18,37H,5-12,17H2,(H,38,41)(H,43,44)/b27-16-. The van der Waals surface area contributed by atoms with E-state index in [9.17, 15) is 37.1 Å². The fourth-order valence-corrected chi connectivity index (χ4v) is 7.25. The SMILES string of the molecule is O=C(CCN1C(=O)/C(=C/c2cc(-c3ccc(F)c(C(F)(F)F)c3)cs2)SC1=S)Nc1ccc(C(=O)O)cc1CNCCN1CCOCC1. The Morgan fingerprint density at radius 2 is 1.83 bits per heavy atom. The van der Waals surface area contributed by atoms with Crippen LogP contribution in [0.2, 0.25) is 0 Å². The van der Waals surface area contributed by atoms with Crippen molar-refractivity contribution in [1.82, 2.24) is 15.1 Å². The zero-order valence-electron chi connectivity index (χ0n) is 25.3. The van der Waals surface area contributed by atoms with Crippen molar-refractivity contribution in [2.75, 3.05) is 51.3 Å². The number of hydrogen-bond acceptors (Lipinski definition) is 9. The molecule has 16 heteroatoms. The molecule has 3 heterocycles. The zero-order valence-corrected chi connectivity index (χ0v) is 27.7. The van der Waals surface area contributed by atoms with Gasteiger partial charge < -0.3 is 20.5 Å². The van der Waals surface area contributed by atoms with E-state index in [1.807, 2.05) is 0 Å². The van der Waals surface area contributed by atoms with E-state index in [0.29, 0.717) is 52.9 Å². The molecular formula is C32H30F4N4O5S3. The van der Waals surface area contributed by atoms with Gasteiger partial charge in [-0.05, 0) is 64.5 Å². The van der Waals surface area contributed by atoms with Crippen LogP contribution in [0.5, 0.6) is 0 Å². The topological polar surface area (TPSA) is 111 Å². The molecule has 2 fully saturated rings. The molecule has 0 bridgehead atoms. The number of carboxylic acids is 1. The number of aromatic carboxylic acids is 1. The second-order valence-corrected chi connectivity index (χ2v) is 13.5. The Morgan fingerprint density at radius 3 is 2.56 bits per heavy atom. The van der Waals surface area contributed by atoms with E-state index in [1.165, 1.54) is 40.5 Å². The number of thiophene rings is 1. The van der Waals surface area contributed by atoms with Gasteiger partial charge in [-0.3, -0.25) is 19.4 Å². The van der Waals surface area contributed by atoms with Crippen molar-refractivity contribution in [3.8, 4) is 11.1 Å². The molecule has 9 nitrogen and oxygen atoms in total. The Hall–Kier alpha value is -3.67. The molecule has 5 rings (SSSR count). The lowest BCUT2D eigenvalue weighted by atomic mass is 10.0. The number of anilines is 1. The van der Waals surface area contributed by atoms with Gasteiger partial charge >= 0.3 is 12.1 Å². The number of amides is 2. The summed E-state index contributed by atoms with van der Waals surface area (Å²) in [6.07, 6.45) is -3.35. The molecule has 254 valence electrons. The van der Waals surface area contributed by atoms with E-state index in [2.05, 4.69) is 15.5 Å². The largest absolute Gasteiger partial charge is 0.478 e. The van der Waals surface area contributed by atoms with Crippen LogP contribution in [0, 0.1) is 5.82 Å². The number of nitrogens with zero attached hydrogens (tertiary/aromatic N) is 2. The van der Waals surface area contributed by atoms with Crippen LogP contribution in [0.15, 0.2) is 52.7 Å². The van der Waals surface area contributed by atoms with Crippen LogP contribution >= 0.6 is 35.3 Å². The predicted molar refractivity (Wildman–Crippen MR) is 180 cm³/mol. The summed E-state index contributed by atoms with van der Waals surface area (Å²) in [6, 6.07) is 8.83. The van der Waals surface area contributed by atoms with Gasteiger partial charge in [0.05, 0.1) is 29.2 Å². The van der Waals surface area contributed by atoms with Crippen molar-refractivity contribution in [1.29, 1.82) is 0 Å². The molecule has 48 heavy (non-hydrogen) atoms. The maximum atomic E-state index is 13.7. The van der Waals surface area contributed by atoms with Crippen molar-refractivity contribution in [3.05, 3.63) is 80.1 Å². The Kier molecular flexibility index (Phi) is 11.7. The van der Waals surface area contributed by atoms with Crippen LogP contribution < -0.4 is 10.6 Å². The lowest BCUT2D eigenvalue weighted by molar-refractivity contribution is -0.140. The van der Waals surface area contributed by atoms with E-state index >= 15 is 0 Å². The number of carbonyl (C=O) groups excluding carboxylic acids is 2. The average Bonchev–Trinajstić information content (AvgIpc) is 3.62. The summed E-state index contributed by atoms with van der Waals surface area (Å²) in [4.78, 5) is 42.1. The molecule has 3 aromatic rings. The van der Waals surface area contributed by atoms with Crippen LogP contribution in [0.25, 0.3) is 17.2 Å². The third kappa shape index (κ3) is 9.06. The number of rotatable bonds is 12. The van der Waals surface area contributed by atoms with Crippen molar-refractivity contribution in [2.45, 2.75) is 19.1 Å². The number of thiocarbonyl (C=S) groups is 1. The lowest BCUT2D eigenvalue weighted by Gasteiger charge is -2.26. The molecule has 3 N–H and O–H groups in total. The molecule has 0 aliphatic carbocycles. The summed E-state index contributed by atoms with van der Waals surface area (Å²) in [5.41, 5.74) is 0.399. The number of ether oxygens (including phenoxy) is 1. The molecule has 1 aromatic heterocycles. The highest BCUT2D eigenvalue weighted by molar-refractivity contribution is 8.26. The van der Waals surface area contributed by atoms with E-state index in [1.54, 1.807) is 17.5 Å². The fraction of sp³-hybridized carbons (Fsp3) is 0.312. The van der Waals surface area contributed by atoms with Gasteiger partial charge in [0.15, 0.2) is 0 Å². The first-order valence-corrected chi connectivity index (χ1v) is 16.9. The van der Waals surface area contributed by atoms with Crippen LogP contribution in [-0.2, 0) is 27.0 Å². The third-order valence-corrected chi connectivity index (χ3v) is 9.84. The molecule has 0 saturated carbocycles. The molecule has 2 saturated heterocycles. The number of nitrogens with one attached hydrogen (secondary N) is 2. The Labute approximate surface area is 286 Å². The number of thioether (sulfide) groups is 1. The first-order valence-electron chi connectivity index (χ1n) is 14.8. The van der Waals surface area contributed by atoms with Gasteiger partial charge in [0, 0.05) is 56.3 Å². The second kappa shape index (κ2) is 15.7. The molecular weight excluding hydrogens is 693 g/mol. The molecule has 0 unspecified atom stereocenters. The first-order chi connectivity index (χ1) is 22.9. The van der Waals surface area contributed by atoms with Crippen molar-refractivity contribution in [2.24, 2.45) is 0 Å². The molecule has 0 radical (unpaired) electrons. The Bertz CT molecular complexity index is 1740. The van der Waals surface area contributed by atoms with Crippen LogP contribution in [0.1, 0.15) is 32.8 Å². The van der Waals surface area contributed by atoms with Crippen LogP contribution in [0.3, 0.4) is 0 Å². The summed E-state index contributed by atoms with van der Waals surface area (Å²) in [5, 5.41) is 17.2. The van der Waals surface area contributed by atoms with Crippen LogP contribution in [-0.4, -0.2) is 82.9 Å². The molecule has 2 aliphatic rings. The molecule has 2 amide bonds. The number of hydrogen-bond donors (Lipinski definition) is 3. The van der Waals surface area contributed by atoms with Gasteiger partial charge in [0.25, 0.3) is 5.91 Å². The van der Waals surface area contributed by atoms with Crippen molar-refractivity contribution in [3.63, 3.8) is 0 Å². The summed E-state index contributed by atoms with van der Waals surface area (Å²) >= 11 is 7.63. The maximum Gasteiger partial charge on any atom is 0.419 e. The highest BCUT2D eigenvalue weighted by atomic mass is 32.2. The number of alkyl halides is 3. The number of carboxylic acid groups (broad SMARTS) is 1. The Morgan fingerprint density at radius 1 is 1.06 bits per heavy atom. The van der Waals surface area contributed by atoms with E-state index in [4.69, 9.17) is 17.0 Å². The van der Waals surface area contributed by atoms with Gasteiger partial charge in [0.2, 0.25) is 5.91 Å². The van der Waals surface area contributed by atoms with Gasteiger partial charge in [0.1, 0.15) is 10.1 Å². The van der Waals surface area contributed by atoms with Crippen LogP contribution in [0.4, 0.5) is 23.2 Å². The fourth-order valence-electron chi connectivity index (χ4n) is 5.03. The minimum absolute atomic E-state index is 0.000326. The summed E-state index contributed by atoms with van der Waals surface area (Å²) in [5.74, 6) is -3.26. The maximum absolute atomic E-state index is 13.7. The second-order valence-electron chi connectivity index (χ2n) is 10.9. The highest BCUT2D eigenvalue weighted by Gasteiger charge is 2.35. The minimum Gasteiger partial charge on any atom is -0.478 e. The number of halogens is 4. The van der Waals surface area contributed by atoms with Gasteiger partial charge in [-0.2, -0.15) is 13.2 Å². The summed E-state index contributed by atoms with van der Waals surface area (Å²) in [7, 11) is 0. The first kappa shape index (κ1) is 35.6. The average molecular weight is 723 g/mol. The van der Waals surface area contributed by atoms with Gasteiger partial charge in [-0.1, -0.05) is 30.0 Å². The van der Waals surface area contributed by atoms with Crippen molar-refractivity contribution >= 4 is 69.2 Å². The molecule has 2 aliphatic heterocycles. The summed E-state index contributed by atoms with van der Waals surface area (Å²) < 4.78 is 58.9. The van der Waals surface area contributed by atoms with Gasteiger partial charge in [-0.25, -0.2) is 9.18 Å². The molecule has 2 aromatic carbocycles. The van der Waals surface area contributed by atoms with E-state index in [0.717, 1.165) is 43.5 Å². The predicted octanol–water partition coefficient (Wildman–Crippen LogP) is 5.92. The molecule has 0 spiro atoms. The third-order valence-electron chi connectivity index (χ3n) is 7.58. The van der Waals surface area contributed by atoms with Crippen molar-refractivity contribution < 1.29 is 41.8 Å². The normalized spacial score (nSPS) is 16.6. The quantitative estimate of drug-likeness (QED) is 0.0908.